The summed E-state index contributed by atoms with van der Waals surface area (Å²) in [5.41, 5.74) is 4.96. The molecule has 3 rings (SSSR count). The Labute approximate surface area is 126 Å². The van der Waals surface area contributed by atoms with Gasteiger partial charge in [0.2, 0.25) is 0 Å². The fraction of sp³-hybridized carbons (Fsp3) is 0.625. The van der Waals surface area contributed by atoms with Crippen LogP contribution in [-0.4, -0.2) is 25.6 Å². The monoisotopic (exact) mass is 287 g/mol. The summed E-state index contributed by atoms with van der Waals surface area (Å²) < 4.78 is 4.18. The molecule has 1 aliphatic carbocycles. The zero-order valence-corrected chi connectivity index (χ0v) is 13.3. The average molecular weight is 287 g/mol. The van der Waals surface area contributed by atoms with E-state index in [4.69, 9.17) is 0 Å². The standard InChI is InChI=1S/C16H25N5/c1-4-14-8-16(20(5-2)19-14)11-21-12(3)13(10-18-21)9-17-15-6-7-15/h8,10,15,17H,4-7,9,11H2,1-3H3. The van der Waals surface area contributed by atoms with Gasteiger partial charge in [-0.05, 0) is 39.2 Å². The van der Waals surface area contributed by atoms with Crippen LogP contribution < -0.4 is 5.32 Å². The Morgan fingerprint density at radius 3 is 2.76 bits per heavy atom. The Kier molecular flexibility index (Phi) is 4.10. The zero-order chi connectivity index (χ0) is 14.8. The fourth-order valence-electron chi connectivity index (χ4n) is 2.60. The van der Waals surface area contributed by atoms with Gasteiger partial charge in [-0.1, -0.05) is 6.92 Å². The van der Waals surface area contributed by atoms with Gasteiger partial charge in [-0.2, -0.15) is 10.2 Å². The quantitative estimate of drug-likeness (QED) is 0.850. The first-order chi connectivity index (χ1) is 10.2. The Morgan fingerprint density at radius 2 is 2.10 bits per heavy atom. The molecular weight excluding hydrogens is 262 g/mol. The van der Waals surface area contributed by atoms with E-state index < -0.39 is 0 Å². The van der Waals surface area contributed by atoms with E-state index in [1.54, 1.807) is 0 Å². The van der Waals surface area contributed by atoms with Gasteiger partial charge in [0.15, 0.2) is 0 Å². The second kappa shape index (κ2) is 6.02. The van der Waals surface area contributed by atoms with Crippen molar-refractivity contribution in [3.8, 4) is 0 Å². The molecule has 0 aromatic carbocycles. The van der Waals surface area contributed by atoms with Crippen molar-refractivity contribution in [2.75, 3.05) is 0 Å². The summed E-state index contributed by atoms with van der Waals surface area (Å²) in [6, 6.07) is 2.94. The number of hydrogen-bond acceptors (Lipinski definition) is 3. The molecule has 1 fully saturated rings. The number of hydrogen-bond donors (Lipinski definition) is 1. The molecular formula is C16H25N5. The topological polar surface area (TPSA) is 47.7 Å². The third kappa shape index (κ3) is 3.18. The lowest BCUT2D eigenvalue weighted by atomic mass is 10.2. The summed E-state index contributed by atoms with van der Waals surface area (Å²) in [5, 5.41) is 12.7. The molecule has 5 heteroatoms. The van der Waals surface area contributed by atoms with Gasteiger partial charge in [0, 0.05) is 30.4 Å². The van der Waals surface area contributed by atoms with Crippen LogP contribution in [0, 0.1) is 6.92 Å². The van der Waals surface area contributed by atoms with E-state index in [1.807, 2.05) is 6.20 Å². The molecule has 5 nitrogen and oxygen atoms in total. The first kappa shape index (κ1) is 14.3. The molecule has 1 saturated carbocycles. The summed E-state index contributed by atoms with van der Waals surface area (Å²) in [7, 11) is 0. The predicted octanol–water partition coefficient (Wildman–Crippen LogP) is 2.27. The molecule has 0 unspecified atom stereocenters. The van der Waals surface area contributed by atoms with E-state index in [0.717, 1.165) is 37.8 Å². The number of nitrogens with one attached hydrogen (secondary N) is 1. The minimum absolute atomic E-state index is 0.737. The molecule has 2 heterocycles. The number of rotatable bonds is 7. The third-order valence-corrected chi connectivity index (χ3v) is 4.25. The van der Waals surface area contributed by atoms with Crippen molar-refractivity contribution in [1.29, 1.82) is 0 Å². The average Bonchev–Trinajstić information content (AvgIpc) is 3.15. The Balaban J connectivity index is 1.73. The minimum Gasteiger partial charge on any atom is -0.310 e. The largest absolute Gasteiger partial charge is 0.310 e. The SMILES string of the molecule is CCc1cc(Cn2ncc(CNC3CC3)c2C)n(CC)n1. The van der Waals surface area contributed by atoms with Gasteiger partial charge < -0.3 is 5.32 Å². The highest BCUT2D eigenvalue weighted by atomic mass is 15.3. The second-order valence-corrected chi connectivity index (χ2v) is 5.86. The van der Waals surface area contributed by atoms with E-state index in [0.29, 0.717) is 0 Å². The maximum absolute atomic E-state index is 4.61. The van der Waals surface area contributed by atoms with Crippen molar-refractivity contribution in [3.05, 3.63) is 34.9 Å². The summed E-state index contributed by atoms with van der Waals surface area (Å²) in [5.74, 6) is 0. The Morgan fingerprint density at radius 1 is 1.29 bits per heavy atom. The minimum atomic E-state index is 0.737. The second-order valence-electron chi connectivity index (χ2n) is 5.86. The van der Waals surface area contributed by atoms with Crippen molar-refractivity contribution >= 4 is 0 Å². The molecule has 2 aromatic rings. The molecule has 0 saturated heterocycles. The van der Waals surface area contributed by atoms with Crippen molar-refractivity contribution in [3.63, 3.8) is 0 Å². The van der Waals surface area contributed by atoms with Crippen LogP contribution in [0.5, 0.6) is 0 Å². The molecule has 114 valence electrons. The molecule has 0 amide bonds. The van der Waals surface area contributed by atoms with Gasteiger partial charge in [-0.25, -0.2) is 0 Å². The van der Waals surface area contributed by atoms with Crippen molar-refractivity contribution in [2.24, 2.45) is 0 Å². The summed E-state index contributed by atoms with van der Waals surface area (Å²) in [6.07, 6.45) is 5.62. The first-order valence-electron chi connectivity index (χ1n) is 8.01. The first-order valence-corrected chi connectivity index (χ1v) is 8.01. The van der Waals surface area contributed by atoms with Gasteiger partial charge in [0.1, 0.15) is 0 Å². The van der Waals surface area contributed by atoms with Crippen molar-refractivity contribution in [2.45, 2.75) is 65.7 Å². The summed E-state index contributed by atoms with van der Waals surface area (Å²) in [4.78, 5) is 0. The normalized spacial score (nSPS) is 14.8. The zero-order valence-electron chi connectivity index (χ0n) is 13.3. The van der Waals surface area contributed by atoms with E-state index in [-0.39, 0.29) is 0 Å². The van der Waals surface area contributed by atoms with Gasteiger partial charge in [-0.3, -0.25) is 9.36 Å². The number of aromatic nitrogens is 4. The highest BCUT2D eigenvalue weighted by Gasteiger charge is 2.21. The Hall–Kier alpha value is -1.62. The molecule has 0 atom stereocenters. The molecule has 0 spiro atoms. The van der Waals surface area contributed by atoms with Crippen LogP contribution in [-0.2, 0) is 26.1 Å². The highest BCUT2D eigenvalue weighted by molar-refractivity contribution is 5.18. The Bertz CT molecular complexity index is 606. The van der Waals surface area contributed by atoms with E-state index >= 15 is 0 Å². The smallest absolute Gasteiger partial charge is 0.0831 e. The molecule has 0 bridgehead atoms. The van der Waals surface area contributed by atoms with Crippen LogP contribution in [0.15, 0.2) is 12.3 Å². The van der Waals surface area contributed by atoms with Crippen LogP contribution >= 0.6 is 0 Å². The van der Waals surface area contributed by atoms with Crippen molar-refractivity contribution < 1.29 is 0 Å². The molecule has 2 aromatic heterocycles. The van der Waals surface area contributed by atoms with Crippen LogP contribution in [0.25, 0.3) is 0 Å². The summed E-state index contributed by atoms with van der Waals surface area (Å²) in [6.45, 7) is 9.08. The molecule has 0 aliphatic heterocycles. The fourth-order valence-corrected chi connectivity index (χ4v) is 2.60. The van der Waals surface area contributed by atoms with E-state index in [2.05, 4.69) is 51.7 Å². The van der Waals surface area contributed by atoms with Crippen LogP contribution in [0.1, 0.15) is 49.3 Å². The third-order valence-electron chi connectivity index (χ3n) is 4.25. The maximum atomic E-state index is 4.61. The van der Waals surface area contributed by atoms with Crippen LogP contribution in [0.3, 0.4) is 0 Å². The number of aryl methyl sites for hydroxylation is 2. The van der Waals surface area contributed by atoms with Gasteiger partial charge in [0.25, 0.3) is 0 Å². The molecule has 0 radical (unpaired) electrons. The van der Waals surface area contributed by atoms with E-state index in [9.17, 15) is 0 Å². The molecule has 1 aliphatic rings. The van der Waals surface area contributed by atoms with Crippen LogP contribution in [0.2, 0.25) is 0 Å². The molecule has 1 N–H and O–H groups in total. The van der Waals surface area contributed by atoms with Crippen LogP contribution in [0.4, 0.5) is 0 Å². The lowest BCUT2D eigenvalue weighted by Gasteiger charge is -2.08. The summed E-state index contributed by atoms with van der Waals surface area (Å²) >= 11 is 0. The highest BCUT2D eigenvalue weighted by Crippen LogP contribution is 2.20. The number of nitrogens with zero attached hydrogens (tertiary/aromatic N) is 4. The van der Waals surface area contributed by atoms with Gasteiger partial charge >= 0.3 is 0 Å². The predicted molar refractivity (Wildman–Crippen MR) is 83.2 cm³/mol. The van der Waals surface area contributed by atoms with Crippen molar-refractivity contribution in [1.82, 2.24) is 24.9 Å². The maximum Gasteiger partial charge on any atom is 0.0831 e. The van der Waals surface area contributed by atoms with Gasteiger partial charge in [-0.15, -0.1) is 0 Å². The lowest BCUT2D eigenvalue weighted by Crippen LogP contribution is -2.16. The van der Waals surface area contributed by atoms with E-state index in [1.165, 1.54) is 29.8 Å². The lowest BCUT2D eigenvalue weighted by molar-refractivity contribution is 0.566. The molecule has 21 heavy (non-hydrogen) atoms. The van der Waals surface area contributed by atoms with Gasteiger partial charge in [0.05, 0.1) is 24.1 Å².